The summed E-state index contributed by atoms with van der Waals surface area (Å²) < 4.78 is 15.7. The van der Waals surface area contributed by atoms with Crippen LogP contribution in [0.4, 0.5) is 4.39 Å². The topological polar surface area (TPSA) is 59.7 Å². The molecule has 0 radical (unpaired) electrons. The molecule has 6 nitrogen and oxygen atoms in total. The van der Waals surface area contributed by atoms with E-state index in [2.05, 4.69) is 33.8 Å². The third-order valence-corrected chi connectivity index (χ3v) is 7.09. The summed E-state index contributed by atoms with van der Waals surface area (Å²) in [7, 11) is 0. The highest BCUT2D eigenvalue weighted by atomic mass is 19.1. The summed E-state index contributed by atoms with van der Waals surface area (Å²) in [4.78, 5) is 18.9. The van der Waals surface area contributed by atoms with Crippen molar-refractivity contribution in [1.29, 1.82) is 0 Å². The molecule has 0 unspecified atom stereocenters. The van der Waals surface area contributed by atoms with Crippen molar-refractivity contribution < 1.29 is 14.0 Å². The van der Waals surface area contributed by atoms with Crippen LogP contribution in [0.3, 0.4) is 0 Å². The largest absolute Gasteiger partial charge is 0.286 e. The molecule has 1 amide bonds. The van der Waals surface area contributed by atoms with E-state index >= 15 is 0 Å². The second kappa shape index (κ2) is 8.62. The van der Waals surface area contributed by atoms with Gasteiger partial charge in [0.25, 0.3) is 0 Å². The highest BCUT2D eigenvalue weighted by Crippen LogP contribution is 2.37. The molecule has 0 N–H and O–H groups in total. The van der Waals surface area contributed by atoms with E-state index < -0.39 is 0 Å². The Morgan fingerprint density at radius 2 is 1.94 bits per heavy atom. The smallest absolute Gasteiger partial charge is 0.249 e. The van der Waals surface area contributed by atoms with Gasteiger partial charge in [0.05, 0.1) is 12.6 Å². The van der Waals surface area contributed by atoms with E-state index in [4.69, 9.17) is 4.84 Å². The molecule has 1 aliphatic carbocycles. The Morgan fingerprint density at radius 1 is 1.12 bits per heavy atom. The van der Waals surface area contributed by atoms with E-state index in [1.807, 2.05) is 13.0 Å². The maximum atomic E-state index is 13.7. The van der Waals surface area contributed by atoms with Crippen molar-refractivity contribution in [1.82, 2.24) is 19.7 Å². The zero-order chi connectivity index (χ0) is 22.2. The van der Waals surface area contributed by atoms with E-state index in [0.717, 1.165) is 49.1 Å². The van der Waals surface area contributed by atoms with E-state index in [9.17, 15) is 9.18 Å². The van der Waals surface area contributed by atoms with Gasteiger partial charge in [0, 0.05) is 18.5 Å². The maximum absolute atomic E-state index is 13.7. The fourth-order valence-electron chi connectivity index (χ4n) is 5.21. The third kappa shape index (κ3) is 4.01. The number of aromatic nitrogens is 3. The van der Waals surface area contributed by atoms with Gasteiger partial charge in [0.2, 0.25) is 5.91 Å². The molecule has 5 rings (SSSR count). The molecule has 0 bridgehead atoms. The minimum atomic E-state index is -0.280. The standard InChI is InChI=1S/C25H29FN4O2/c1-16-12-24-28-27-17(2)29(24)15-21(16)13-18-6-8-19(9-7-18)25(31)30-23(10-11-32-30)20-4-3-5-22(26)14-20/h3-5,12,14-15,18-19,23H,6-11,13H2,1-2H3/t18?,19?,23-/m0/s1. The molecule has 1 aliphatic heterocycles. The fraction of sp³-hybridized carbons (Fsp3) is 0.480. The van der Waals surface area contributed by atoms with Crippen LogP contribution in [0.5, 0.6) is 0 Å². The van der Waals surface area contributed by atoms with Crippen LogP contribution >= 0.6 is 0 Å². The first kappa shape index (κ1) is 21.1. The van der Waals surface area contributed by atoms with Crippen LogP contribution in [0.15, 0.2) is 36.5 Å². The van der Waals surface area contributed by atoms with Gasteiger partial charge in [0.15, 0.2) is 5.65 Å². The first-order chi connectivity index (χ1) is 15.5. The number of hydrogen-bond donors (Lipinski definition) is 0. The molecule has 3 heterocycles. The number of hydrogen-bond acceptors (Lipinski definition) is 4. The van der Waals surface area contributed by atoms with Gasteiger partial charge < -0.3 is 0 Å². The molecule has 32 heavy (non-hydrogen) atoms. The minimum absolute atomic E-state index is 0.0240. The normalized spacial score (nSPS) is 23.7. The van der Waals surface area contributed by atoms with Crippen LogP contribution < -0.4 is 0 Å². The summed E-state index contributed by atoms with van der Waals surface area (Å²) in [5.41, 5.74) is 4.26. The number of carbonyl (C=O) groups excluding carboxylic acids is 1. The number of aryl methyl sites for hydroxylation is 2. The minimum Gasteiger partial charge on any atom is -0.286 e. The van der Waals surface area contributed by atoms with Gasteiger partial charge in [-0.3, -0.25) is 14.0 Å². The van der Waals surface area contributed by atoms with Crippen LogP contribution in [-0.4, -0.2) is 32.2 Å². The monoisotopic (exact) mass is 436 g/mol. The molecule has 1 saturated carbocycles. The average molecular weight is 437 g/mol. The summed E-state index contributed by atoms with van der Waals surface area (Å²) in [6.07, 6.45) is 7.65. The van der Waals surface area contributed by atoms with Gasteiger partial charge >= 0.3 is 0 Å². The molecule has 2 aliphatic rings. The summed E-state index contributed by atoms with van der Waals surface area (Å²) in [5.74, 6) is 1.20. The lowest BCUT2D eigenvalue weighted by Gasteiger charge is -2.32. The highest BCUT2D eigenvalue weighted by Gasteiger charge is 2.37. The number of rotatable bonds is 4. The second-order valence-electron chi connectivity index (χ2n) is 9.24. The fourth-order valence-corrected chi connectivity index (χ4v) is 5.21. The Bertz CT molecular complexity index is 1140. The van der Waals surface area contributed by atoms with Crippen molar-refractivity contribution in [2.24, 2.45) is 11.8 Å². The van der Waals surface area contributed by atoms with Crippen LogP contribution in [0, 0.1) is 31.5 Å². The number of nitrogens with zero attached hydrogens (tertiary/aromatic N) is 4. The third-order valence-electron chi connectivity index (χ3n) is 7.09. The van der Waals surface area contributed by atoms with E-state index in [0.29, 0.717) is 18.9 Å². The van der Waals surface area contributed by atoms with Crippen LogP contribution in [0.25, 0.3) is 5.65 Å². The van der Waals surface area contributed by atoms with Crippen LogP contribution in [0.2, 0.25) is 0 Å². The predicted octanol–water partition coefficient (Wildman–Crippen LogP) is 4.74. The molecule has 7 heteroatoms. The van der Waals surface area contributed by atoms with E-state index in [-0.39, 0.29) is 23.7 Å². The van der Waals surface area contributed by atoms with Gasteiger partial charge in [-0.05, 0) is 86.8 Å². The van der Waals surface area contributed by atoms with Crippen LogP contribution in [-0.2, 0) is 16.1 Å². The van der Waals surface area contributed by atoms with Crippen molar-refractivity contribution in [3.05, 3.63) is 64.9 Å². The lowest BCUT2D eigenvalue weighted by Crippen LogP contribution is -2.36. The van der Waals surface area contributed by atoms with Crippen LogP contribution in [0.1, 0.15) is 60.7 Å². The van der Waals surface area contributed by atoms with Crippen molar-refractivity contribution in [3.8, 4) is 0 Å². The molecule has 1 atom stereocenters. The molecule has 2 fully saturated rings. The van der Waals surface area contributed by atoms with Crippen molar-refractivity contribution in [2.45, 2.75) is 58.4 Å². The van der Waals surface area contributed by atoms with Crippen molar-refractivity contribution >= 4 is 11.6 Å². The molecule has 168 valence electrons. The molecular formula is C25H29FN4O2. The summed E-state index contributed by atoms with van der Waals surface area (Å²) in [5, 5.41) is 9.89. The molecular weight excluding hydrogens is 407 g/mol. The Kier molecular flexibility index (Phi) is 5.67. The molecule has 0 spiro atoms. The number of fused-ring (bicyclic) bond motifs is 1. The molecule has 1 saturated heterocycles. The summed E-state index contributed by atoms with van der Waals surface area (Å²) >= 11 is 0. The summed E-state index contributed by atoms with van der Waals surface area (Å²) in [6, 6.07) is 8.40. The lowest BCUT2D eigenvalue weighted by molar-refractivity contribution is -0.183. The molecule has 3 aromatic rings. The Hall–Kier alpha value is -2.80. The lowest BCUT2D eigenvalue weighted by atomic mass is 9.78. The number of amides is 1. The average Bonchev–Trinajstić information content (AvgIpc) is 3.41. The number of carbonyl (C=O) groups is 1. The predicted molar refractivity (Wildman–Crippen MR) is 118 cm³/mol. The van der Waals surface area contributed by atoms with Gasteiger partial charge in [-0.25, -0.2) is 9.45 Å². The van der Waals surface area contributed by atoms with Gasteiger partial charge in [0.1, 0.15) is 11.6 Å². The maximum Gasteiger partial charge on any atom is 0.249 e. The number of benzene rings is 1. The van der Waals surface area contributed by atoms with Gasteiger partial charge in [-0.1, -0.05) is 12.1 Å². The van der Waals surface area contributed by atoms with Gasteiger partial charge in [-0.15, -0.1) is 10.2 Å². The first-order valence-electron chi connectivity index (χ1n) is 11.5. The Labute approximate surface area is 187 Å². The number of pyridine rings is 1. The van der Waals surface area contributed by atoms with Crippen molar-refractivity contribution in [2.75, 3.05) is 6.61 Å². The first-order valence-corrected chi connectivity index (χ1v) is 11.5. The SMILES string of the molecule is Cc1cc2nnc(C)n2cc1CC1CCC(C(=O)N2OCC[C@H]2c2cccc(F)c2)CC1. The molecule has 2 aromatic heterocycles. The quantitative estimate of drug-likeness (QED) is 0.593. The highest BCUT2D eigenvalue weighted by molar-refractivity contribution is 5.78. The Balaban J connectivity index is 1.22. The molecule has 1 aromatic carbocycles. The van der Waals surface area contributed by atoms with E-state index in [1.54, 1.807) is 6.07 Å². The van der Waals surface area contributed by atoms with Gasteiger partial charge in [-0.2, -0.15) is 0 Å². The summed E-state index contributed by atoms with van der Waals surface area (Å²) in [6.45, 7) is 4.59. The van der Waals surface area contributed by atoms with Crippen molar-refractivity contribution in [3.63, 3.8) is 0 Å². The zero-order valence-electron chi connectivity index (χ0n) is 18.6. The zero-order valence-corrected chi connectivity index (χ0v) is 18.6. The number of halogens is 1. The Morgan fingerprint density at radius 3 is 2.72 bits per heavy atom. The van der Waals surface area contributed by atoms with E-state index in [1.165, 1.54) is 28.3 Å². The number of hydroxylamine groups is 2. The second-order valence-corrected chi connectivity index (χ2v) is 9.24.